The highest BCUT2D eigenvalue weighted by Gasteiger charge is 2.21. The van der Waals surface area contributed by atoms with Crippen LogP contribution in [0.3, 0.4) is 0 Å². The Hall–Kier alpha value is -2.73. The predicted octanol–water partition coefficient (Wildman–Crippen LogP) is 4.09. The van der Waals surface area contributed by atoms with E-state index < -0.39 is 5.97 Å². The van der Waals surface area contributed by atoms with Crippen LogP contribution in [0.1, 0.15) is 25.3 Å². The summed E-state index contributed by atoms with van der Waals surface area (Å²) >= 11 is 6.27. The van der Waals surface area contributed by atoms with Crippen LogP contribution in [-0.2, 0) is 11.3 Å². The zero-order chi connectivity index (χ0) is 20.7. The molecule has 2 aromatic carbocycles. The molecule has 0 atom stereocenters. The monoisotopic (exact) mass is 402 g/mol. The van der Waals surface area contributed by atoms with Crippen molar-refractivity contribution in [2.45, 2.75) is 26.3 Å². The standard InChI is InChI=1S/C21H23ClN2O4/c1-11(2)13-8-17-14(9-16(13)23(3)4)20(27)12-6-7-15(22)21(28-5)19(12)24(17)10-18(25)26/h6-9,11H,10H2,1-5H3,(H,25,26). The van der Waals surface area contributed by atoms with E-state index in [0.717, 1.165) is 11.3 Å². The second-order valence-electron chi connectivity index (χ2n) is 7.26. The molecule has 0 saturated carbocycles. The first-order valence-electron chi connectivity index (χ1n) is 8.93. The number of nitrogens with zero attached hydrogens (tertiary/aromatic N) is 2. The van der Waals surface area contributed by atoms with Crippen LogP contribution in [-0.4, -0.2) is 36.8 Å². The first kappa shape index (κ1) is 20.0. The average Bonchev–Trinajstić information content (AvgIpc) is 2.63. The number of hydrogen-bond acceptors (Lipinski definition) is 4. The molecule has 1 heterocycles. The molecule has 0 fully saturated rings. The third-order valence-electron chi connectivity index (χ3n) is 4.88. The number of benzene rings is 2. The van der Waals surface area contributed by atoms with Gasteiger partial charge in [0.1, 0.15) is 6.54 Å². The molecule has 1 aromatic heterocycles. The molecule has 3 rings (SSSR count). The Labute approximate surface area is 167 Å². The molecule has 28 heavy (non-hydrogen) atoms. The van der Waals surface area contributed by atoms with Gasteiger partial charge in [-0.05, 0) is 35.7 Å². The van der Waals surface area contributed by atoms with Crippen molar-refractivity contribution >= 4 is 45.1 Å². The third-order valence-corrected chi connectivity index (χ3v) is 5.18. The van der Waals surface area contributed by atoms with Crippen LogP contribution < -0.4 is 15.1 Å². The number of fused-ring (bicyclic) bond motifs is 2. The quantitative estimate of drug-likeness (QED) is 0.651. The molecule has 0 aliphatic heterocycles. The lowest BCUT2D eigenvalue weighted by Gasteiger charge is -2.23. The Balaban J connectivity index is 2.63. The maximum atomic E-state index is 13.3. The normalized spacial score (nSPS) is 11.4. The van der Waals surface area contributed by atoms with E-state index in [1.165, 1.54) is 7.11 Å². The Morgan fingerprint density at radius 2 is 1.93 bits per heavy atom. The fourth-order valence-electron chi connectivity index (χ4n) is 3.60. The van der Waals surface area contributed by atoms with Crippen LogP contribution >= 0.6 is 11.6 Å². The van der Waals surface area contributed by atoms with Gasteiger partial charge in [0.15, 0.2) is 11.2 Å². The number of aromatic nitrogens is 1. The smallest absolute Gasteiger partial charge is 0.323 e. The molecular weight excluding hydrogens is 380 g/mol. The highest BCUT2D eigenvalue weighted by Crippen LogP contribution is 2.36. The van der Waals surface area contributed by atoms with E-state index in [9.17, 15) is 14.7 Å². The van der Waals surface area contributed by atoms with Crippen LogP contribution in [0.5, 0.6) is 5.75 Å². The van der Waals surface area contributed by atoms with Crippen LogP contribution in [0.25, 0.3) is 21.8 Å². The van der Waals surface area contributed by atoms with E-state index in [1.807, 2.05) is 31.1 Å². The molecule has 0 amide bonds. The first-order valence-corrected chi connectivity index (χ1v) is 9.30. The number of hydrogen-bond donors (Lipinski definition) is 1. The molecule has 6 nitrogen and oxygen atoms in total. The zero-order valence-electron chi connectivity index (χ0n) is 16.5. The first-order chi connectivity index (χ1) is 13.2. The minimum atomic E-state index is -1.02. The largest absolute Gasteiger partial charge is 0.493 e. The lowest BCUT2D eigenvalue weighted by atomic mass is 9.97. The summed E-state index contributed by atoms with van der Waals surface area (Å²) in [6.07, 6.45) is 0. The number of carboxylic acid groups (broad SMARTS) is 1. The predicted molar refractivity (Wildman–Crippen MR) is 113 cm³/mol. The van der Waals surface area contributed by atoms with Crippen LogP contribution in [0.4, 0.5) is 5.69 Å². The van der Waals surface area contributed by atoms with E-state index in [-0.39, 0.29) is 17.9 Å². The molecule has 0 unspecified atom stereocenters. The minimum Gasteiger partial charge on any atom is -0.493 e. The second kappa shape index (κ2) is 7.36. The van der Waals surface area contributed by atoms with Crippen molar-refractivity contribution < 1.29 is 14.6 Å². The Kier molecular flexibility index (Phi) is 5.26. The summed E-state index contributed by atoms with van der Waals surface area (Å²) in [4.78, 5) is 26.9. The summed E-state index contributed by atoms with van der Waals surface area (Å²) in [5.41, 5.74) is 2.72. The Bertz CT molecular complexity index is 1150. The molecule has 0 aliphatic rings. The van der Waals surface area contributed by atoms with Gasteiger partial charge < -0.3 is 19.3 Å². The maximum absolute atomic E-state index is 13.3. The molecule has 3 aromatic rings. The topological polar surface area (TPSA) is 71.8 Å². The van der Waals surface area contributed by atoms with E-state index in [2.05, 4.69) is 13.8 Å². The lowest BCUT2D eigenvalue weighted by Crippen LogP contribution is -2.19. The Morgan fingerprint density at radius 1 is 1.25 bits per heavy atom. The average molecular weight is 403 g/mol. The lowest BCUT2D eigenvalue weighted by molar-refractivity contribution is -0.137. The van der Waals surface area contributed by atoms with Gasteiger partial charge in [-0.15, -0.1) is 0 Å². The van der Waals surface area contributed by atoms with Gasteiger partial charge in [0, 0.05) is 25.2 Å². The molecule has 0 bridgehead atoms. The number of ether oxygens (including phenoxy) is 1. The maximum Gasteiger partial charge on any atom is 0.323 e. The van der Waals surface area contributed by atoms with Gasteiger partial charge in [-0.25, -0.2) is 0 Å². The van der Waals surface area contributed by atoms with Crippen molar-refractivity contribution in [3.63, 3.8) is 0 Å². The summed E-state index contributed by atoms with van der Waals surface area (Å²) in [5, 5.41) is 10.7. The van der Waals surface area contributed by atoms with Crippen molar-refractivity contribution in [1.29, 1.82) is 0 Å². The number of aliphatic carboxylic acids is 1. The molecule has 1 N–H and O–H groups in total. The summed E-state index contributed by atoms with van der Waals surface area (Å²) in [6, 6.07) is 6.95. The van der Waals surface area contributed by atoms with E-state index in [1.54, 1.807) is 16.7 Å². The van der Waals surface area contributed by atoms with Gasteiger partial charge in [-0.1, -0.05) is 25.4 Å². The highest BCUT2D eigenvalue weighted by molar-refractivity contribution is 6.33. The second-order valence-corrected chi connectivity index (χ2v) is 7.67. The van der Waals surface area contributed by atoms with Crippen molar-refractivity contribution in [2.24, 2.45) is 0 Å². The van der Waals surface area contributed by atoms with Gasteiger partial charge in [0.25, 0.3) is 0 Å². The van der Waals surface area contributed by atoms with Crippen LogP contribution in [0, 0.1) is 0 Å². The summed E-state index contributed by atoms with van der Waals surface area (Å²) in [5.74, 6) is -0.537. The number of rotatable bonds is 5. The molecule has 0 radical (unpaired) electrons. The number of carbonyl (C=O) groups is 1. The Morgan fingerprint density at radius 3 is 2.46 bits per heavy atom. The van der Waals surface area contributed by atoms with E-state index in [4.69, 9.17) is 16.3 Å². The summed E-state index contributed by atoms with van der Waals surface area (Å²) < 4.78 is 7.03. The van der Waals surface area contributed by atoms with Gasteiger partial charge in [-0.3, -0.25) is 9.59 Å². The summed E-state index contributed by atoms with van der Waals surface area (Å²) in [6.45, 7) is 3.81. The molecule has 0 saturated heterocycles. The van der Waals surface area contributed by atoms with E-state index >= 15 is 0 Å². The number of anilines is 1. The minimum absolute atomic E-state index is 0.181. The SMILES string of the molecule is COc1c(Cl)ccc2c(=O)c3cc(N(C)C)c(C(C)C)cc3n(CC(=O)O)c12. The molecular formula is C21H23ClN2O4. The number of carboxylic acids is 1. The molecule has 0 aliphatic carbocycles. The fraction of sp³-hybridized carbons (Fsp3) is 0.333. The zero-order valence-corrected chi connectivity index (χ0v) is 17.3. The van der Waals surface area contributed by atoms with Gasteiger partial charge in [0.05, 0.1) is 28.6 Å². The van der Waals surface area contributed by atoms with Gasteiger partial charge in [-0.2, -0.15) is 0 Å². The van der Waals surface area contributed by atoms with Crippen LogP contribution in [0.2, 0.25) is 5.02 Å². The number of halogens is 1. The van der Waals surface area contributed by atoms with Gasteiger partial charge in [0.2, 0.25) is 0 Å². The number of pyridine rings is 1. The molecule has 148 valence electrons. The highest BCUT2D eigenvalue weighted by atomic mass is 35.5. The fourth-order valence-corrected chi connectivity index (χ4v) is 3.83. The van der Waals surface area contributed by atoms with E-state index in [0.29, 0.717) is 32.6 Å². The van der Waals surface area contributed by atoms with Crippen LogP contribution in [0.15, 0.2) is 29.1 Å². The van der Waals surface area contributed by atoms with Crippen molar-refractivity contribution in [1.82, 2.24) is 4.57 Å². The van der Waals surface area contributed by atoms with Crippen molar-refractivity contribution in [2.75, 3.05) is 26.1 Å². The van der Waals surface area contributed by atoms with Crippen molar-refractivity contribution in [3.8, 4) is 5.75 Å². The number of methoxy groups -OCH3 is 1. The molecule has 0 spiro atoms. The van der Waals surface area contributed by atoms with Gasteiger partial charge >= 0.3 is 5.97 Å². The summed E-state index contributed by atoms with van der Waals surface area (Å²) in [7, 11) is 5.30. The molecule has 7 heteroatoms. The van der Waals surface area contributed by atoms with Crippen molar-refractivity contribution in [3.05, 3.63) is 45.1 Å². The third kappa shape index (κ3) is 3.18.